The summed E-state index contributed by atoms with van der Waals surface area (Å²) < 4.78 is 5.53. The van der Waals surface area contributed by atoms with Crippen LogP contribution in [0, 0.1) is 5.41 Å². The summed E-state index contributed by atoms with van der Waals surface area (Å²) in [6.07, 6.45) is 5.04. The molecule has 3 rings (SSSR count). The molecule has 0 bridgehead atoms. The van der Waals surface area contributed by atoms with Crippen molar-refractivity contribution in [1.29, 1.82) is 0 Å². The molecule has 1 saturated heterocycles. The highest BCUT2D eigenvalue weighted by atomic mass is 16.6. The molecule has 0 aromatic carbocycles. The fourth-order valence-electron chi connectivity index (χ4n) is 4.68. The summed E-state index contributed by atoms with van der Waals surface area (Å²) in [5, 5.41) is 3.67. The molecule has 0 aromatic rings. The summed E-state index contributed by atoms with van der Waals surface area (Å²) >= 11 is 0. The Labute approximate surface area is 164 Å². The molecule has 1 saturated carbocycles. The summed E-state index contributed by atoms with van der Waals surface area (Å²) in [5.41, 5.74) is -0.0857. The SMILES string of the molecule is CN(C)CC1(CNC2=NCC3CN(C(=O)OC(C)(C)C)CCN23)CCCC1. The van der Waals surface area contributed by atoms with Crippen LogP contribution in [0.1, 0.15) is 46.5 Å². The van der Waals surface area contributed by atoms with Crippen molar-refractivity contribution in [3.63, 3.8) is 0 Å². The highest BCUT2D eigenvalue weighted by Gasteiger charge is 2.39. The van der Waals surface area contributed by atoms with Crippen molar-refractivity contribution in [2.75, 3.05) is 53.4 Å². The lowest BCUT2D eigenvalue weighted by Crippen LogP contribution is -2.58. The van der Waals surface area contributed by atoms with Crippen LogP contribution in [0.2, 0.25) is 0 Å². The van der Waals surface area contributed by atoms with E-state index in [1.54, 1.807) is 0 Å². The van der Waals surface area contributed by atoms with Crippen LogP contribution in [-0.2, 0) is 4.74 Å². The van der Waals surface area contributed by atoms with Crippen molar-refractivity contribution in [3.8, 4) is 0 Å². The molecule has 3 aliphatic rings. The Bertz CT molecular complexity index is 563. The van der Waals surface area contributed by atoms with Crippen LogP contribution >= 0.6 is 0 Å². The summed E-state index contributed by atoms with van der Waals surface area (Å²) in [7, 11) is 4.33. The average molecular weight is 380 g/mol. The van der Waals surface area contributed by atoms with Crippen LogP contribution in [0.5, 0.6) is 0 Å². The molecular formula is C20H37N5O2. The number of hydrogen-bond acceptors (Lipinski definition) is 6. The molecule has 1 unspecified atom stereocenters. The first-order valence-corrected chi connectivity index (χ1v) is 10.4. The fraction of sp³-hybridized carbons (Fsp3) is 0.900. The number of aliphatic imine (C=N–C) groups is 1. The quantitative estimate of drug-likeness (QED) is 0.809. The van der Waals surface area contributed by atoms with Gasteiger partial charge in [-0.15, -0.1) is 0 Å². The smallest absolute Gasteiger partial charge is 0.410 e. The molecule has 2 heterocycles. The first kappa shape index (κ1) is 20.2. The van der Waals surface area contributed by atoms with E-state index in [-0.39, 0.29) is 12.1 Å². The molecule has 1 aliphatic carbocycles. The molecule has 1 atom stereocenters. The highest BCUT2D eigenvalue weighted by molar-refractivity contribution is 5.82. The average Bonchev–Trinajstić information content (AvgIpc) is 3.17. The molecular weight excluding hydrogens is 342 g/mol. The van der Waals surface area contributed by atoms with E-state index in [9.17, 15) is 4.79 Å². The van der Waals surface area contributed by atoms with E-state index in [4.69, 9.17) is 9.73 Å². The van der Waals surface area contributed by atoms with Crippen molar-refractivity contribution >= 4 is 12.1 Å². The van der Waals surface area contributed by atoms with Crippen LogP contribution in [0.3, 0.4) is 0 Å². The number of nitrogens with zero attached hydrogens (tertiary/aromatic N) is 4. The van der Waals surface area contributed by atoms with Gasteiger partial charge in [0.1, 0.15) is 5.60 Å². The first-order valence-electron chi connectivity index (χ1n) is 10.4. The zero-order chi connectivity index (χ0) is 19.7. The highest BCUT2D eigenvalue weighted by Crippen LogP contribution is 2.38. The number of amides is 1. The van der Waals surface area contributed by atoms with Gasteiger partial charge in [0.05, 0.1) is 12.6 Å². The van der Waals surface area contributed by atoms with Gasteiger partial charge in [0.25, 0.3) is 0 Å². The number of piperazine rings is 1. The minimum atomic E-state index is -0.449. The summed E-state index contributed by atoms with van der Waals surface area (Å²) in [4.78, 5) is 23.6. The summed E-state index contributed by atoms with van der Waals surface area (Å²) in [6.45, 7) is 10.8. The van der Waals surface area contributed by atoms with Crippen molar-refractivity contribution in [3.05, 3.63) is 0 Å². The number of ether oxygens (including phenoxy) is 1. The second kappa shape index (κ2) is 7.86. The maximum absolute atomic E-state index is 12.4. The Hall–Kier alpha value is -1.50. The number of fused-ring (bicyclic) bond motifs is 1. The third kappa shape index (κ3) is 5.06. The van der Waals surface area contributed by atoms with Crippen LogP contribution in [0.25, 0.3) is 0 Å². The van der Waals surface area contributed by atoms with E-state index in [0.29, 0.717) is 18.5 Å². The van der Waals surface area contributed by atoms with Gasteiger partial charge >= 0.3 is 6.09 Å². The molecule has 1 N–H and O–H groups in total. The largest absolute Gasteiger partial charge is 0.444 e. The van der Waals surface area contributed by atoms with Gasteiger partial charge in [-0.3, -0.25) is 4.99 Å². The van der Waals surface area contributed by atoms with Gasteiger partial charge in [0, 0.05) is 38.1 Å². The first-order chi connectivity index (χ1) is 12.7. The van der Waals surface area contributed by atoms with Crippen molar-refractivity contribution in [1.82, 2.24) is 20.0 Å². The van der Waals surface area contributed by atoms with Gasteiger partial charge in [0.2, 0.25) is 0 Å². The molecule has 7 heteroatoms. The Morgan fingerprint density at radius 1 is 1.30 bits per heavy atom. The number of carbonyl (C=O) groups is 1. The van der Waals surface area contributed by atoms with Crippen molar-refractivity contribution in [2.24, 2.45) is 10.4 Å². The van der Waals surface area contributed by atoms with E-state index in [1.165, 1.54) is 25.7 Å². The number of nitrogens with one attached hydrogen (secondary N) is 1. The van der Waals surface area contributed by atoms with Crippen molar-refractivity contribution < 1.29 is 9.53 Å². The predicted molar refractivity (Wildman–Crippen MR) is 108 cm³/mol. The molecule has 0 radical (unpaired) electrons. The van der Waals surface area contributed by atoms with E-state index in [1.807, 2.05) is 25.7 Å². The lowest BCUT2D eigenvalue weighted by Gasteiger charge is -2.40. The molecule has 0 aromatic heterocycles. The van der Waals surface area contributed by atoms with Gasteiger partial charge in [-0.1, -0.05) is 12.8 Å². The number of rotatable bonds is 4. The Morgan fingerprint density at radius 3 is 2.63 bits per heavy atom. The standard InChI is InChI=1S/C20H37N5O2/c1-19(2,3)27-18(26)24-10-11-25-16(13-24)12-21-17(25)22-14-20(15-23(4)5)8-6-7-9-20/h16H,6-15H2,1-5H3,(H,21,22). The molecule has 154 valence electrons. The molecule has 1 amide bonds. The molecule has 2 fully saturated rings. The van der Waals surface area contributed by atoms with Crippen molar-refractivity contribution in [2.45, 2.75) is 58.1 Å². The summed E-state index contributed by atoms with van der Waals surface area (Å²) in [6, 6.07) is 0.266. The second-order valence-corrected chi connectivity index (χ2v) is 9.74. The van der Waals surface area contributed by atoms with Crippen LogP contribution in [0.15, 0.2) is 4.99 Å². The zero-order valence-corrected chi connectivity index (χ0v) is 17.8. The molecule has 0 spiro atoms. The zero-order valence-electron chi connectivity index (χ0n) is 17.8. The maximum Gasteiger partial charge on any atom is 0.410 e. The van der Waals surface area contributed by atoms with Crippen LogP contribution in [0.4, 0.5) is 4.79 Å². The van der Waals surface area contributed by atoms with Gasteiger partial charge in [-0.25, -0.2) is 4.79 Å². The minimum absolute atomic E-state index is 0.209. The summed E-state index contributed by atoms with van der Waals surface area (Å²) in [5.74, 6) is 1.02. The van der Waals surface area contributed by atoms with Gasteiger partial charge < -0.3 is 24.8 Å². The van der Waals surface area contributed by atoms with Crippen LogP contribution < -0.4 is 5.32 Å². The predicted octanol–water partition coefficient (Wildman–Crippen LogP) is 1.99. The molecule has 7 nitrogen and oxygen atoms in total. The van der Waals surface area contributed by atoms with Gasteiger partial charge in [0.15, 0.2) is 5.96 Å². The Balaban J connectivity index is 1.52. The third-order valence-electron chi connectivity index (χ3n) is 5.80. The Kier molecular flexibility index (Phi) is 5.89. The van der Waals surface area contributed by atoms with E-state index < -0.39 is 5.60 Å². The minimum Gasteiger partial charge on any atom is -0.444 e. The van der Waals surface area contributed by atoms with E-state index in [2.05, 4.69) is 29.2 Å². The lowest BCUT2D eigenvalue weighted by molar-refractivity contribution is 0.0137. The topological polar surface area (TPSA) is 60.4 Å². The third-order valence-corrected chi connectivity index (χ3v) is 5.80. The normalized spacial score (nSPS) is 24.8. The second-order valence-electron chi connectivity index (χ2n) is 9.74. The number of hydrogen-bond donors (Lipinski definition) is 1. The monoisotopic (exact) mass is 379 g/mol. The lowest BCUT2D eigenvalue weighted by atomic mass is 9.85. The molecule has 2 aliphatic heterocycles. The van der Waals surface area contributed by atoms with E-state index >= 15 is 0 Å². The Morgan fingerprint density at radius 2 is 2.00 bits per heavy atom. The molecule has 27 heavy (non-hydrogen) atoms. The maximum atomic E-state index is 12.4. The van der Waals surface area contributed by atoms with Crippen LogP contribution in [-0.4, -0.2) is 91.8 Å². The number of carbonyl (C=O) groups excluding carboxylic acids is 1. The van der Waals surface area contributed by atoms with E-state index in [0.717, 1.165) is 32.1 Å². The van der Waals surface area contributed by atoms with Gasteiger partial charge in [-0.05, 0) is 47.7 Å². The van der Waals surface area contributed by atoms with Gasteiger partial charge in [-0.2, -0.15) is 0 Å². The number of guanidine groups is 1. The fourth-order valence-corrected chi connectivity index (χ4v) is 4.68.